The number of amides is 1. The molecule has 62 valence electrons. The second-order valence-corrected chi connectivity index (χ2v) is 3.87. The molecule has 1 aliphatic heterocycles. The van der Waals surface area contributed by atoms with E-state index in [9.17, 15) is 4.79 Å². The monoisotopic (exact) mass is 237 g/mol. The summed E-state index contributed by atoms with van der Waals surface area (Å²) in [5.74, 6) is 1.53. The minimum absolute atomic E-state index is 0. The Morgan fingerprint density at radius 2 is 2.08 bits per heavy atom. The number of hydrogen-bond donors (Lipinski definition) is 0. The predicted octanol–water partition coefficient (Wildman–Crippen LogP) is -0.901. The topological polar surface area (TPSA) is 31.2 Å². The van der Waals surface area contributed by atoms with E-state index in [1.54, 1.807) is 0 Å². The Morgan fingerprint density at radius 3 is 2.83 bits per heavy atom. The molecule has 0 bridgehead atoms. The molecule has 2 aliphatic rings. The minimum Gasteiger partial charge on any atom is -0.650 e. The van der Waals surface area contributed by atoms with E-state index in [1.807, 2.05) is 0 Å². The van der Waals surface area contributed by atoms with Crippen molar-refractivity contribution in [2.24, 2.45) is 11.8 Å². The average molecular weight is 238 g/mol. The van der Waals surface area contributed by atoms with Gasteiger partial charge in [-0.3, -0.25) is 0 Å². The third-order valence-electron chi connectivity index (χ3n) is 3.08. The fourth-order valence-electron chi connectivity index (χ4n) is 2.37. The molecule has 0 aromatic carbocycles. The zero-order chi connectivity index (χ0) is 7.84. The van der Waals surface area contributed by atoms with Crippen LogP contribution in [-0.4, -0.2) is 11.9 Å². The van der Waals surface area contributed by atoms with Crippen LogP contribution in [0.4, 0.5) is 0 Å². The van der Waals surface area contributed by atoms with E-state index < -0.39 is 0 Å². The molecule has 1 saturated heterocycles. The fourth-order valence-corrected chi connectivity index (χ4v) is 2.37. The van der Waals surface area contributed by atoms with Crippen molar-refractivity contribution in [2.45, 2.75) is 38.6 Å². The van der Waals surface area contributed by atoms with Gasteiger partial charge in [-0.25, -0.2) is 0 Å². The smallest absolute Gasteiger partial charge is 0.650 e. The normalized spacial score (nSPS) is 39.8. The van der Waals surface area contributed by atoms with Gasteiger partial charge in [0.2, 0.25) is 0 Å². The Bertz CT molecular complexity index is 183. The summed E-state index contributed by atoms with van der Waals surface area (Å²) in [6.45, 7) is 2.22. The Labute approximate surface area is 123 Å². The molecule has 0 aromatic rings. The number of carbonyl (C=O) groups excluding carboxylic acids is 1. The minimum atomic E-state index is 0. The predicted molar refractivity (Wildman–Crippen MR) is 43.3 cm³/mol. The molecule has 2 nitrogen and oxygen atoms in total. The number of carbonyl (C=O) groups is 1. The van der Waals surface area contributed by atoms with E-state index in [1.165, 1.54) is 12.8 Å². The summed E-state index contributed by atoms with van der Waals surface area (Å²) < 4.78 is 0. The van der Waals surface area contributed by atoms with Crippen LogP contribution in [0.2, 0.25) is 0 Å². The van der Waals surface area contributed by atoms with Gasteiger partial charge >= 0.3 is 58.2 Å². The van der Waals surface area contributed by atoms with Crippen LogP contribution >= 0.6 is 0 Å². The van der Waals surface area contributed by atoms with Gasteiger partial charge in [-0.15, -0.1) is 6.04 Å². The van der Waals surface area contributed by atoms with E-state index in [4.69, 9.17) is 0 Å². The number of nitrogens with zero attached hydrogens (tertiary/aromatic N) is 1. The van der Waals surface area contributed by atoms with Gasteiger partial charge in [0.25, 0.3) is 0 Å². The van der Waals surface area contributed by atoms with Crippen LogP contribution in [0.15, 0.2) is 0 Å². The Balaban J connectivity index is 0.000000720. The van der Waals surface area contributed by atoms with Crippen molar-refractivity contribution >= 4 is 5.91 Å². The van der Waals surface area contributed by atoms with Crippen molar-refractivity contribution in [3.63, 3.8) is 0 Å². The summed E-state index contributed by atoms with van der Waals surface area (Å²) in [5.41, 5.74) is 0. The van der Waals surface area contributed by atoms with Crippen molar-refractivity contribution in [1.82, 2.24) is 0 Å². The third-order valence-corrected chi connectivity index (χ3v) is 3.08. The van der Waals surface area contributed by atoms with Gasteiger partial charge in [0.05, 0.1) is 5.91 Å². The average Bonchev–Trinajstić information content (AvgIpc) is 2.33. The first-order valence-corrected chi connectivity index (χ1v) is 4.51. The van der Waals surface area contributed by atoms with E-state index in [2.05, 4.69) is 12.2 Å². The zero-order valence-electron chi connectivity index (χ0n) is 7.92. The molecule has 0 aromatic heterocycles. The summed E-state index contributed by atoms with van der Waals surface area (Å²) in [4.78, 5) is 11.0. The fraction of sp³-hybridized carbons (Fsp3) is 0.889. The van der Waals surface area contributed by atoms with E-state index >= 15 is 0 Å². The van der Waals surface area contributed by atoms with Crippen LogP contribution in [0.3, 0.4) is 0 Å². The third kappa shape index (κ3) is 2.20. The van der Waals surface area contributed by atoms with E-state index in [0.717, 1.165) is 12.3 Å². The molecule has 3 heteroatoms. The van der Waals surface area contributed by atoms with Gasteiger partial charge < -0.3 is 10.1 Å². The molecule has 1 aliphatic carbocycles. The molecule has 0 spiro atoms. The molecule has 2 rings (SSSR count). The van der Waals surface area contributed by atoms with Gasteiger partial charge in [0.1, 0.15) is 0 Å². The SMILES string of the molecule is CC1CCC2CCC(=O)[N-]C12.[Rb+]. The largest absolute Gasteiger partial charge is 1.00 e. The summed E-state index contributed by atoms with van der Waals surface area (Å²) in [7, 11) is 0. The van der Waals surface area contributed by atoms with Crippen molar-refractivity contribution in [3.05, 3.63) is 5.32 Å². The quantitative estimate of drug-likeness (QED) is 0.537. The number of hydrogen-bond acceptors (Lipinski definition) is 1. The maximum Gasteiger partial charge on any atom is 1.00 e. The first kappa shape index (κ1) is 11.4. The number of fused-ring (bicyclic) bond motifs is 1. The van der Waals surface area contributed by atoms with Crippen LogP contribution in [-0.2, 0) is 4.79 Å². The molecular weight excluding hydrogens is 224 g/mol. The van der Waals surface area contributed by atoms with E-state index in [0.29, 0.717) is 18.4 Å². The molecule has 1 saturated carbocycles. The van der Waals surface area contributed by atoms with Gasteiger partial charge in [-0.2, -0.15) is 0 Å². The van der Waals surface area contributed by atoms with Crippen molar-refractivity contribution in [3.8, 4) is 0 Å². The molecule has 1 amide bonds. The molecule has 3 atom stereocenters. The molecule has 1 heterocycles. The Hall–Kier alpha value is 1.28. The number of piperidine rings is 1. The molecule has 0 N–H and O–H groups in total. The van der Waals surface area contributed by atoms with Crippen molar-refractivity contribution < 1.29 is 63.0 Å². The summed E-state index contributed by atoms with van der Waals surface area (Å²) in [5, 5.41) is 4.19. The maximum atomic E-state index is 11.0. The molecule has 0 radical (unpaired) electrons. The van der Waals surface area contributed by atoms with Crippen molar-refractivity contribution in [2.75, 3.05) is 0 Å². The second-order valence-electron chi connectivity index (χ2n) is 3.87. The summed E-state index contributed by atoms with van der Waals surface area (Å²) in [6, 6.07) is 0.385. The number of rotatable bonds is 0. The molecule has 3 unspecified atom stereocenters. The van der Waals surface area contributed by atoms with Gasteiger partial charge in [0, 0.05) is 0 Å². The standard InChI is InChI=1S/C9H15NO.Rb/c1-6-2-3-7-4-5-8(11)10-9(6)7;/h6-7,9H,2-5H2,1H3,(H,10,11);/q;+1/p-1. The van der Waals surface area contributed by atoms with Gasteiger partial charge in [-0.05, 0) is 12.8 Å². The molecule has 2 fully saturated rings. The van der Waals surface area contributed by atoms with Crippen LogP contribution in [0.5, 0.6) is 0 Å². The molecular formula is C9H14NORb. The molecule has 12 heavy (non-hydrogen) atoms. The van der Waals surface area contributed by atoms with Crippen LogP contribution < -0.4 is 58.2 Å². The van der Waals surface area contributed by atoms with Gasteiger partial charge in [0.15, 0.2) is 0 Å². The van der Waals surface area contributed by atoms with Crippen LogP contribution in [0.1, 0.15) is 32.6 Å². The van der Waals surface area contributed by atoms with Gasteiger partial charge in [-0.1, -0.05) is 31.6 Å². The maximum absolute atomic E-state index is 11.0. The zero-order valence-corrected chi connectivity index (χ0v) is 12.8. The summed E-state index contributed by atoms with van der Waals surface area (Å²) in [6.07, 6.45) is 4.36. The Morgan fingerprint density at radius 1 is 1.33 bits per heavy atom. The first-order chi connectivity index (χ1) is 5.27. The van der Waals surface area contributed by atoms with Crippen LogP contribution in [0, 0.1) is 11.8 Å². The van der Waals surface area contributed by atoms with Crippen LogP contribution in [0.25, 0.3) is 5.32 Å². The Kier molecular flexibility index (Phi) is 4.42. The van der Waals surface area contributed by atoms with Crippen molar-refractivity contribution in [1.29, 1.82) is 0 Å². The second kappa shape index (κ2) is 4.67. The van der Waals surface area contributed by atoms with E-state index in [-0.39, 0.29) is 64.1 Å². The summed E-state index contributed by atoms with van der Waals surface area (Å²) >= 11 is 0. The first-order valence-electron chi connectivity index (χ1n) is 4.51.